The molecule has 1 aliphatic carbocycles. The molecule has 4 N–H and O–H groups in total. The zero-order valence-electron chi connectivity index (χ0n) is 9.97. The molecule has 1 saturated carbocycles. The van der Waals surface area contributed by atoms with Crippen molar-refractivity contribution in [2.45, 2.75) is 18.9 Å². The van der Waals surface area contributed by atoms with Gasteiger partial charge < -0.3 is 16.4 Å². The highest BCUT2D eigenvalue weighted by molar-refractivity contribution is 5.91. The van der Waals surface area contributed by atoms with Crippen molar-refractivity contribution in [3.05, 3.63) is 24.3 Å². The summed E-state index contributed by atoms with van der Waals surface area (Å²) in [6.07, 6.45) is 6.72. The van der Waals surface area contributed by atoms with Crippen LogP contribution in [0.25, 0.3) is 0 Å². The van der Waals surface area contributed by atoms with E-state index in [4.69, 9.17) is 5.73 Å². The summed E-state index contributed by atoms with van der Waals surface area (Å²) in [4.78, 5) is 23.4. The first kappa shape index (κ1) is 12.3. The molecule has 96 valence electrons. The van der Waals surface area contributed by atoms with Crippen LogP contribution in [0.1, 0.15) is 23.3 Å². The molecule has 1 heterocycles. The van der Waals surface area contributed by atoms with Crippen LogP contribution in [0.5, 0.6) is 0 Å². The number of carbonyl (C=O) groups is 1. The van der Waals surface area contributed by atoms with Crippen molar-refractivity contribution in [2.75, 3.05) is 13.1 Å². The Hall–Kier alpha value is -2.18. The summed E-state index contributed by atoms with van der Waals surface area (Å²) in [6, 6.07) is 0.489. The van der Waals surface area contributed by atoms with Gasteiger partial charge in [0, 0.05) is 25.0 Å². The molecule has 0 aliphatic heterocycles. The molecule has 0 unspecified atom stereocenters. The van der Waals surface area contributed by atoms with Crippen molar-refractivity contribution in [2.24, 2.45) is 10.7 Å². The quantitative estimate of drug-likeness (QED) is 0.362. The molecule has 2 rings (SSSR count). The Morgan fingerprint density at radius 2 is 2.33 bits per heavy atom. The van der Waals surface area contributed by atoms with Crippen LogP contribution in [0.2, 0.25) is 0 Å². The van der Waals surface area contributed by atoms with Crippen LogP contribution in [0.15, 0.2) is 23.6 Å². The molecular weight excluding hydrogens is 232 g/mol. The molecule has 1 aromatic rings. The van der Waals surface area contributed by atoms with E-state index in [0.717, 1.165) is 12.8 Å². The van der Waals surface area contributed by atoms with Crippen molar-refractivity contribution in [1.82, 2.24) is 20.6 Å². The van der Waals surface area contributed by atoms with Crippen molar-refractivity contribution >= 4 is 11.9 Å². The summed E-state index contributed by atoms with van der Waals surface area (Å²) in [6.45, 7) is 0.861. The van der Waals surface area contributed by atoms with Crippen molar-refractivity contribution in [3.8, 4) is 0 Å². The predicted octanol–water partition coefficient (Wildman–Crippen LogP) is -0.727. The molecule has 1 aliphatic rings. The topological polar surface area (TPSA) is 105 Å². The summed E-state index contributed by atoms with van der Waals surface area (Å²) in [7, 11) is 0. The number of nitrogens with two attached hydrogens (primary N) is 1. The Kier molecular flexibility index (Phi) is 4.06. The summed E-state index contributed by atoms with van der Waals surface area (Å²) in [5, 5.41) is 5.76. The fourth-order valence-electron chi connectivity index (χ4n) is 1.34. The number of aromatic nitrogens is 2. The fourth-order valence-corrected chi connectivity index (χ4v) is 1.34. The zero-order valence-corrected chi connectivity index (χ0v) is 9.97. The van der Waals surface area contributed by atoms with Gasteiger partial charge in [0.1, 0.15) is 5.69 Å². The SMILES string of the molecule is NC(=NCCNC(=O)c1cnccn1)NC1CC1. The second-order valence-corrected chi connectivity index (χ2v) is 4.03. The number of nitrogens with one attached hydrogen (secondary N) is 2. The van der Waals surface area contributed by atoms with E-state index in [2.05, 4.69) is 25.6 Å². The van der Waals surface area contributed by atoms with Crippen molar-refractivity contribution in [3.63, 3.8) is 0 Å². The molecular formula is C11H16N6O. The molecule has 18 heavy (non-hydrogen) atoms. The van der Waals surface area contributed by atoms with E-state index in [1.54, 1.807) is 0 Å². The van der Waals surface area contributed by atoms with E-state index in [9.17, 15) is 4.79 Å². The number of hydrogen-bond acceptors (Lipinski definition) is 4. The van der Waals surface area contributed by atoms with Crippen LogP contribution in [0.3, 0.4) is 0 Å². The van der Waals surface area contributed by atoms with Crippen molar-refractivity contribution < 1.29 is 4.79 Å². The van der Waals surface area contributed by atoms with Gasteiger partial charge in [-0.15, -0.1) is 0 Å². The highest BCUT2D eigenvalue weighted by atomic mass is 16.1. The number of hydrogen-bond donors (Lipinski definition) is 3. The minimum Gasteiger partial charge on any atom is -0.370 e. The van der Waals surface area contributed by atoms with Gasteiger partial charge in [-0.1, -0.05) is 0 Å². The van der Waals surface area contributed by atoms with E-state index in [1.165, 1.54) is 18.6 Å². The lowest BCUT2D eigenvalue weighted by molar-refractivity contribution is 0.0949. The predicted molar refractivity (Wildman–Crippen MR) is 67.0 cm³/mol. The highest BCUT2D eigenvalue weighted by Crippen LogP contribution is 2.17. The van der Waals surface area contributed by atoms with Crippen LogP contribution in [0.4, 0.5) is 0 Å². The maximum Gasteiger partial charge on any atom is 0.271 e. The number of carbonyl (C=O) groups excluding carboxylic acids is 1. The molecule has 1 aromatic heterocycles. The standard InChI is InChI=1S/C11H16N6O/c12-11(17-8-1-2-8)16-6-5-15-10(18)9-7-13-3-4-14-9/h3-4,7-8H,1-2,5-6H2,(H,15,18)(H3,12,16,17). The van der Waals surface area contributed by atoms with Gasteiger partial charge in [-0.2, -0.15) is 0 Å². The van der Waals surface area contributed by atoms with Gasteiger partial charge >= 0.3 is 0 Å². The smallest absolute Gasteiger partial charge is 0.271 e. The maximum absolute atomic E-state index is 11.6. The second-order valence-electron chi connectivity index (χ2n) is 4.03. The van der Waals surface area contributed by atoms with Crippen LogP contribution in [0, 0.1) is 0 Å². The first-order valence-corrected chi connectivity index (χ1v) is 5.86. The number of nitrogens with zero attached hydrogens (tertiary/aromatic N) is 3. The minimum atomic E-state index is -0.257. The maximum atomic E-state index is 11.6. The van der Waals surface area contributed by atoms with E-state index in [-0.39, 0.29) is 5.91 Å². The lowest BCUT2D eigenvalue weighted by Gasteiger charge is -2.04. The molecule has 1 fully saturated rings. The van der Waals surface area contributed by atoms with Crippen LogP contribution in [-0.4, -0.2) is 41.0 Å². The molecule has 1 amide bonds. The molecule has 0 atom stereocenters. The molecule has 7 nitrogen and oxygen atoms in total. The fraction of sp³-hybridized carbons (Fsp3) is 0.455. The Morgan fingerprint density at radius 3 is 3.00 bits per heavy atom. The van der Waals surface area contributed by atoms with E-state index in [0.29, 0.717) is 30.8 Å². The molecule has 7 heteroatoms. The van der Waals surface area contributed by atoms with E-state index < -0.39 is 0 Å². The lowest BCUT2D eigenvalue weighted by atomic mass is 10.4. The third-order valence-electron chi connectivity index (χ3n) is 2.40. The van der Waals surface area contributed by atoms with Gasteiger partial charge in [0.15, 0.2) is 5.96 Å². The highest BCUT2D eigenvalue weighted by Gasteiger charge is 2.21. The Labute approximate surface area is 105 Å². The van der Waals surface area contributed by atoms with Gasteiger partial charge in [-0.25, -0.2) is 4.98 Å². The van der Waals surface area contributed by atoms with E-state index in [1.807, 2.05) is 0 Å². The number of amides is 1. The average Bonchev–Trinajstić information content (AvgIpc) is 3.19. The number of guanidine groups is 1. The first-order chi connectivity index (χ1) is 8.75. The third kappa shape index (κ3) is 4.00. The normalized spacial score (nSPS) is 15.2. The Morgan fingerprint density at radius 1 is 1.50 bits per heavy atom. The average molecular weight is 248 g/mol. The molecule has 0 bridgehead atoms. The van der Waals surface area contributed by atoms with Gasteiger partial charge in [0.25, 0.3) is 5.91 Å². The van der Waals surface area contributed by atoms with Crippen molar-refractivity contribution in [1.29, 1.82) is 0 Å². The van der Waals surface area contributed by atoms with Gasteiger partial charge in [0.2, 0.25) is 0 Å². The summed E-state index contributed by atoms with van der Waals surface area (Å²) in [5.41, 5.74) is 5.94. The van der Waals surface area contributed by atoms with Gasteiger partial charge in [0.05, 0.1) is 12.7 Å². The Bertz CT molecular complexity index is 428. The number of aliphatic imine (C=N–C) groups is 1. The van der Waals surface area contributed by atoms with Gasteiger partial charge in [-0.3, -0.25) is 14.8 Å². The van der Waals surface area contributed by atoms with Gasteiger partial charge in [-0.05, 0) is 12.8 Å². The zero-order chi connectivity index (χ0) is 12.8. The molecule has 0 aromatic carbocycles. The number of rotatable bonds is 5. The van der Waals surface area contributed by atoms with Crippen LogP contribution in [-0.2, 0) is 0 Å². The first-order valence-electron chi connectivity index (χ1n) is 5.86. The molecule has 0 spiro atoms. The lowest BCUT2D eigenvalue weighted by Crippen LogP contribution is -2.34. The monoisotopic (exact) mass is 248 g/mol. The third-order valence-corrected chi connectivity index (χ3v) is 2.40. The van der Waals surface area contributed by atoms with Crippen LogP contribution >= 0.6 is 0 Å². The Balaban J connectivity index is 1.67. The summed E-state index contributed by atoms with van der Waals surface area (Å²) < 4.78 is 0. The van der Waals surface area contributed by atoms with Crippen LogP contribution < -0.4 is 16.4 Å². The molecule has 0 saturated heterocycles. The van der Waals surface area contributed by atoms with E-state index >= 15 is 0 Å². The second kappa shape index (κ2) is 5.95. The summed E-state index contributed by atoms with van der Waals surface area (Å²) >= 11 is 0. The minimum absolute atomic E-state index is 0.257. The summed E-state index contributed by atoms with van der Waals surface area (Å²) in [5.74, 6) is 0.179. The molecule has 0 radical (unpaired) electrons. The largest absolute Gasteiger partial charge is 0.370 e.